The van der Waals surface area contributed by atoms with Gasteiger partial charge in [-0.3, -0.25) is 9.52 Å². The fraction of sp³-hybridized carbons (Fsp3) is 0.381. The first kappa shape index (κ1) is 19.4. The van der Waals surface area contributed by atoms with Gasteiger partial charge in [0.05, 0.1) is 5.75 Å². The van der Waals surface area contributed by atoms with Gasteiger partial charge in [0.1, 0.15) is 0 Å². The molecule has 1 aliphatic carbocycles. The summed E-state index contributed by atoms with van der Waals surface area (Å²) in [6.45, 7) is 2.16. The first-order chi connectivity index (χ1) is 12.9. The van der Waals surface area contributed by atoms with Crippen molar-refractivity contribution in [2.24, 2.45) is 0 Å². The average Bonchev–Trinajstić information content (AvgIpc) is 3.17. The third-order valence-corrected chi connectivity index (χ3v) is 6.62. The van der Waals surface area contributed by atoms with Gasteiger partial charge in [0.2, 0.25) is 10.0 Å². The van der Waals surface area contributed by atoms with Crippen LogP contribution in [0.1, 0.15) is 48.5 Å². The van der Waals surface area contributed by atoms with Crippen molar-refractivity contribution in [2.45, 2.75) is 38.0 Å². The molecule has 0 spiro atoms. The van der Waals surface area contributed by atoms with Crippen molar-refractivity contribution in [1.82, 2.24) is 5.32 Å². The summed E-state index contributed by atoms with van der Waals surface area (Å²) in [6.07, 6.45) is 4.46. The molecule has 1 aliphatic rings. The van der Waals surface area contributed by atoms with E-state index in [9.17, 15) is 13.2 Å². The van der Waals surface area contributed by atoms with E-state index in [0.29, 0.717) is 17.8 Å². The van der Waals surface area contributed by atoms with Gasteiger partial charge in [-0.1, -0.05) is 49.2 Å². The molecule has 2 N–H and O–H groups in total. The summed E-state index contributed by atoms with van der Waals surface area (Å²) in [6, 6.07) is 17.0. The van der Waals surface area contributed by atoms with Gasteiger partial charge < -0.3 is 5.32 Å². The van der Waals surface area contributed by atoms with E-state index < -0.39 is 10.0 Å². The summed E-state index contributed by atoms with van der Waals surface area (Å²) in [7, 11) is -3.37. The van der Waals surface area contributed by atoms with Crippen molar-refractivity contribution in [2.75, 3.05) is 17.0 Å². The molecular formula is C21H26N2O3S. The zero-order valence-corrected chi connectivity index (χ0v) is 16.4. The van der Waals surface area contributed by atoms with Crippen molar-refractivity contribution in [1.29, 1.82) is 0 Å². The lowest BCUT2D eigenvalue weighted by Gasteiger charge is -2.30. The Kier molecular flexibility index (Phi) is 5.85. The molecule has 0 heterocycles. The minimum atomic E-state index is -3.37. The number of carbonyl (C=O) groups excluding carboxylic acids is 1. The Morgan fingerprint density at radius 3 is 2.41 bits per heavy atom. The molecule has 0 bridgehead atoms. The third-order valence-electron chi connectivity index (χ3n) is 5.31. The fourth-order valence-electron chi connectivity index (χ4n) is 3.74. The number of benzene rings is 2. The van der Waals surface area contributed by atoms with Crippen molar-refractivity contribution in [3.05, 3.63) is 65.7 Å². The molecule has 2 aromatic rings. The van der Waals surface area contributed by atoms with Gasteiger partial charge in [-0.05, 0) is 43.5 Å². The summed E-state index contributed by atoms with van der Waals surface area (Å²) in [5.41, 5.74) is 2.11. The molecule has 1 fully saturated rings. The quantitative estimate of drug-likeness (QED) is 0.762. The van der Waals surface area contributed by atoms with Gasteiger partial charge in [0.25, 0.3) is 5.91 Å². The predicted octanol–water partition coefficient (Wildman–Crippen LogP) is 3.69. The van der Waals surface area contributed by atoms with Crippen LogP contribution in [-0.4, -0.2) is 26.6 Å². The number of nitrogens with one attached hydrogen (secondary N) is 2. The summed E-state index contributed by atoms with van der Waals surface area (Å²) in [4.78, 5) is 12.7. The fourth-order valence-corrected chi connectivity index (χ4v) is 4.37. The second-order valence-corrected chi connectivity index (χ2v) is 9.13. The number of hydrogen-bond donors (Lipinski definition) is 2. The summed E-state index contributed by atoms with van der Waals surface area (Å²) in [5, 5.41) is 3.07. The van der Waals surface area contributed by atoms with Gasteiger partial charge in [0, 0.05) is 23.2 Å². The molecule has 2 aromatic carbocycles. The van der Waals surface area contributed by atoms with E-state index in [1.165, 1.54) is 18.4 Å². The molecule has 0 atom stereocenters. The normalized spacial score (nSPS) is 16.0. The molecule has 6 heteroatoms. The minimum Gasteiger partial charge on any atom is -0.351 e. The van der Waals surface area contributed by atoms with Crippen molar-refractivity contribution in [3.63, 3.8) is 0 Å². The van der Waals surface area contributed by atoms with Crippen LogP contribution in [0.15, 0.2) is 54.6 Å². The monoisotopic (exact) mass is 386 g/mol. The van der Waals surface area contributed by atoms with Crippen LogP contribution in [0.25, 0.3) is 0 Å². The second-order valence-electron chi connectivity index (χ2n) is 7.12. The SMILES string of the molecule is CCS(=O)(=O)Nc1cccc(C(=O)NCC2(c3ccccc3)CCCC2)c1. The standard InChI is InChI=1S/C21H26N2O3S/c1-2-27(25,26)23-19-12-8-9-17(15-19)20(24)22-16-21(13-6-7-14-21)18-10-4-3-5-11-18/h3-5,8-12,15,23H,2,6-7,13-14,16H2,1H3,(H,22,24). The molecule has 1 amide bonds. The Hall–Kier alpha value is -2.34. The van der Waals surface area contributed by atoms with E-state index in [2.05, 4.69) is 22.2 Å². The molecule has 0 radical (unpaired) electrons. The van der Waals surface area contributed by atoms with Crippen LogP contribution < -0.4 is 10.0 Å². The number of amides is 1. The largest absolute Gasteiger partial charge is 0.351 e. The maximum Gasteiger partial charge on any atom is 0.251 e. The molecule has 144 valence electrons. The first-order valence-corrected chi connectivity index (χ1v) is 11.0. The highest BCUT2D eigenvalue weighted by molar-refractivity contribution is 7.92. The van der Waals surface area contributed by atoms with E-state index in [0.717, 1.165) is 12.8 Å². The Balaban J connectivity index is 1.72. The molecule has 0 aliphatic heterocycles. The van der Waals surface area contributed by atoms with Crippen LogP contribution in [0.3, 0.4) is 0 Å². The van der Waals surface area contributed by atoms with Gasteiger partial charge in [0.15, 0.2) is 0 Å². The molecule has 3 rings (SSSR count). The zero-order valence-electron chi connectivity index (χ0n) is 15.6. The highest BCUT2D eigenvalue weighted by atomic mass is 32.2. The van der Waals surface area contributed by atoms with Crippen molar-refractivity contribution >= 4 is 21.6 Å². The smallest absolute Gasteiger partial charge is 0.251 e. The van der Waals surface area contributed by atoms with Crippen molar-refractivity contribution in [3.8, 4) is 0 Å². The molecule has 1 saturated carbocycles. The number of hydrogen-bond acceptors (Lipinski definition) is 3. The van der Waals surface area contributed by atoms with Crippen LogP contribution in [0.2, 0.25) is 0 Å². The minimum absolute atomic E-state index is 0.0109. The van der Waals surface area contributed by atoms with Gasteiger partial charge >= 0.3 is 0 Å². The van der Waals surface area contributed by atoms with Gasteiger partial charge in [-0.15, -0.1) is 0 Å². The van der Waals surface area contributed by atoms with Crippen LogP contribution in [0.5, 0.6) is 0 Å². The predicted molar refractivity (Wildman–Crippen MR) is 108 cm³/mol. The summed E-state index contributed by atoms with van der Waals surface area (Å²) in [5.74, 6) is -0.196. The van der Waals surface area contributed by atoms with E-state index in [-0.39, 0.29) is 17.1 Å². The molecular weight excluding hydrogens is 360 g/mol. The Morgan fingerprint density at radius 1 is 1.04 bits per heavy atom. The molecule has 0 unspecified atom stereocenters. The number of anilines is 1. The zero-order chi connectivity index (χ0) is 19.3. The maximum atomic E-state index is 12.7. The Bertz CT molecular complexity index is 889. The maximum absolute atomic E-state index is 12.7. The molecule has 27 heavy (non-hydrogen) atoms. The van der Waals surface area contributed by atoms with Crippen LogP contribution >= 0.6 is 0 Å². The Labute approximate surface area is 161 Å². The number of carbonyl (C=O) groups is 1. The van der Waals surface area contributed by atoms with E-state index in [1.807, 2.05) is 18.2 Å². The second kappa shape index (κ2) is 8.13. The summed E-state index contributed by atoms with van der Waals surface area (Å²) < 4.78 is 26.0. The lowest BCUT2D eigenvalue weighted by Crippen LogP contribution is -2.39. The highest BCUT2D eigenvalue weighted by Gasteiger charge is 2.35. The lowest BCUT2D eigenvalue weighted by atomic mass is 9.79. The third kappa shape index (κ3) is 4.69. The molecule has 5 nitrogen and oxygen atoms in total. The van der Waals surface area contributed by atoms with E-state index in [4.69, 9.17) is 0 Å². The Morgan fingerprint density at radius 2 is 1.74 bits per heavy atom. The number of sulfonamides is 1. The molecule has 0 aromatic heterocycles. The van der Waals surface area contributed by atoms with Gasteiger partial charge in [-0.2, -0.15) is 0 Å². The van der Waals surface area contributed by atoms with Crippen LogP contribution in [0.4, 0.5) is 5.69 Å². The van der Waals surface area contributed by atoms with E-state index in [1.54, 1.807) is 31.2 Å². The van der Waals surface area contributed by atoms with Crippen molar-refractivity contribution < 1.29 is 13.2 Å². The lowest BCUT2D eigenvalue weighted by molar-refractivity contribution is 0.0943. The average molecular weight is 387 g/mol. The van der Waals surface area contributed by atoms with Crippen LogP contribution in [0, 0.1) is 0 Å². The topological polar surface area (TPSA) is 75.3 Å². The molecule has 0 saturated heterocycles. The van der Waals surface area contributed by atoms with Crippen LogP contribution in [-0.2, 0) is 15.4 Å². The highest BCUT2D eigenvalue weighted by Crippen LogP contribution is 2.40. The summed E-state index contributed by atoms with van der Waals surface area (Å²) >= 11 is 0. The number of rotatable bonds is 7. The van der Waals surface area contributed by atoms with Gasteiger partial charge in [-0.25, -0.2) is 8.42 Å². The first-order valence-electron chi connectivity index (χ1n) is 9.38. The van der Waals surface area contributed by atoms with E-state index >= 15 is 0 Å².